The third-order valence-electron chi connectivity index (χ3n) is 2.29. The summed E-state index contributed by atoms with van der Waals surface area (Å²) in [4.78, 5) is 4.20. The first-order valence-corrected chi connectivity index (χ1v) is 5.37. The number of nitriles is 1. The third kappa shape index (κ3) is 2.43. The van der Waals surface area contributed by atoms with Crippen LogP contribution in [-0.2, 0) is 6.42 Å². The van der Waals surface area contributed by atoms with Crippen molar-refractivity contribution < 1.29 is 4.39 Å². The van der Waals surface area contributed by atoms with Gasteiger partial charge in [-0.2, -0.15) is 5.26 Å². The van der Waals surface area contributed by atoms with Crippen molar-refractivity contribution in [3.8, 4) is 17.3 Å². The molecule has 0 bridgehead atoms. The minimum absolute atomic E-state index is 0.179. The average molecular weight is 247 g/mol. The number of pyridine rings is 1. The Kier molecular flexibility index (Phi) is 3.36. The number of aromatic nitrogens is 1. The van der Waals surface area contributed by atoms with Crippen molar-refractivity contribution in [3.05, 3.63) is 52.9 Å². The molecule has 0 fully saturated rings. The molecule has 0 N–H and O–H groups in total. The highest BCUT2D eigenvalue weighted by Crippen LogP contribution is 2.28. The third-order valence-corrected chi connectivity index (χ3v) is 2.60. The van der Waals surface area contributed by atoms with Crippen molar-refractivity contribution in [2.75, 3.05) is 0 Å². The molecule has 0 aliphatic heterocycles. The Balaban J connectivity index is 2.55. The largest absolute Gasteiger partial charge is 0.250 e. The molecular formula is C13H8ClFN2. The summed E-state index contributed by atoms with van der Waals surface area (Å²) in [5.41, 5.74) is 1.30. The van der Waals surface area contributed by atoms with E-state index in [4.69, 9.17) is 16.9 Å². The van der Waals surface area contributed by atoms with E-state index in [0.29, 0.717) is 22.0 Å². The van der Waals surface area contributed by atoms with Crippen molar-refractivity contribution in [2.24, 2.45) is 0 Å². The average Bonchev–Trinajstić information content (AvgIpc) is 2.33. The predicted octanol–water partition coefficient (Wildman–Crippen LogP) is 3.61. The lowest BCUT2D eigenvalue weighted by molar-refractivity contribution is 0.630. The molecule has 0 radical (unpaired) electrons. The fourth-order valence-corrected chi connectivity index (χ4v) is 1.71. The second-order valence-corrected chi connectivity index (χ2v) is 3.85. The highest BCUT2D eigenvalue weighted by molar-refractivity contribution is 6.33. The van der Waals surface area contributed by atoms with E-state index in [-0.39, 0.29) is 12.2 Å². The molecule has 0 amide bonds. The fraction of sp³-hybridized carbons (Fsp3) is 0.0769. The number of halogens is 2. The van der Waals surface area contributed by atoms with Crippen molar-refractivity contribution in [1.29, 1.82) is 5.26 Å². The Hall–Kier alpha value is -1.92. The van der Waals surface area contributed by atoms with Crippen LogP contribution in [0.15, 0.2) is 36.4 Å². The molecule has 2 rings (SSSR count). The van der Waals surface area contributed by atoms with Gasteiger partial charge in [0.05, 0.1) is 28.9 Å². The Morgan fingerprint density at radius 3 is 2.71 bits per heavy atom. The molecule has 0 aliphatic rings. The van der Waals surface area contributed by atoms with Crippen LogP contribution >= 0.6 is 11.6 Å². The lowest BCUT2D eigenvalue weighted by Crippen LogP contribution is -1.94. The van der Waals surface area contributed by atoms with Crippen LogP contribution < -0.4 is 0 Å². The first-order chi connectivity index (χ1) is 8.22. The zero-order valence-corrected chi connectivity index (χ0v) is 9.58. The van der Waals surface area contributed by atoms with Crippen molar-refractivity contribution in [1.82, 2.24) is 4.98 Å². The van der Waals surface area contributed by atoms with Gasteiger partial charge in [0.25, 0.3) is 0 Å². The van der Waals surface area contributed by atoms with Crippen molar-refractivity contribution >= 4 is 11.6 Å². The smallest absolute Gasteiger partial charge is 0.132 e. The maximum Gasteiger partial charge on any atom is 0.132 e. The Labute approximate surface area is 103 Å². The summed E-state index contributed by atoms with van der Waals surface area (Å²) in [5, 5.41) is 8.98. The molecule has 17 heavy (non-hydrogen) atoms. The van der Waals surface area contributed by atoms with Crippen LogP contribution in [0.4, 0.5) is 4.39 Å². The van der Waals surface area contributed by atoms with E-state index in [9.17, 15) is 4.39 Å². The van der Waals surface area contributed by atoms with Crippen LogP contribution in [0.1, 0.15) is 5.69 Å². The van der Waals surface area contributed by atoms with Crippen LogP contribution in [0.25, 0.3) is 11.3 Å². The van der Waals surface area contributed by atoms with E-state index < -0.39 is 0 Å². The summed E-state index contributed by atoms with van der Waals surface area (Å²) in [7, 11) is 0. The topological polar surface area (TPSA) is 36.7 Å². The molecular weight excluding hydrogens is 239 g/mol. The maximum absolute atomic E-state index is 13.6. The van der Waals surface area contributed by atoms with Crippen LogP contribution in [-0.4, -0.2) is 4.98 Å². The van der Waals surface area contributed by atoms with Crippen LogP contribution in [0.5, 0.6) is 0 Å². The summed E-state index contributed by atoms with van der Waals surface area (Å²) < 4.78 is 13.6. The van der Waals surface area contributed by atoms with E-state index in [2.05, 4.69) is 4.98 Å². The normalized spacial score (nSPS) is 9.94. The molecule has 1 aromatic carbocycles. The van der Waals surface area contributed by atoms with Gasteiger partial charge < -0.3 is 0 Å². The number of rotatable bonds is 2. The van der Waals surface area contributed by atoms with E-state index in [1.165, 1.54) is 6.07 Å². The number of hydrogen-bond donors (Lipinski definition) is 0. The van der Waals surface area contributed by atoms with Gasteiger partial charge in [0.1, 0.15) is 5.82 Å². The minimum Gasteiger partial charge on any atom is -0.250 e. The van der Waals surface area contributed by atoms with Crippen molar-refractivity contribution in [3.63, 3.8) is 0 Å². The van der Waals surface area contributed by atoms with E-state index in [1.807, 2.05) is 6.07 Å². The Morgan fingerprint density at radius 2 is 2.00 bits per heavy atom. The molecule has 84 valence electrons. The molecule has 2 nitrogen and oxygen atoms in total. The molecule has 0 aliphatic carbocycles. The lowest BCUT2D eigenvalue weighted by atomic mass is 10.1. The second-order valence-electron chi connectivity index (χ2n) is 3.45. The molecule has 2 aromatic rings. The van der Waals surface area contributed by atoms with Gasteiger partial charge in [-0.3, -0.25) is 4.98 Å². The molecule has 0 unspecified atom stereocenters. The minimum atomic E-state index is -0.379. The second kappa shape index (κ2) is 4.94. The highest BCUT2D eigenvalue weighted by atomic mass is 35.5. The lowest BCUT2D eigenvalue weighted by Gasteiger charge is -2.06. The number of hydrogen-bond acceptors (Lipinski definition) is 2. The standard InChI is InChI=1S/C13H8ClFN2/c14-11-6-5-9(7-8-16)17-13(11)10-3-1-2-4-12(10)15/h1-6H,7H2. The summed E-state index contributed by atoms with van der Waals surface area (Å²) in [6.07, 6.45) is 0.179. The van der Waals surface area contributed by atoms with E-state index in [1.54, 1.807) is 30.3 Å². The number of benzene rings is 1. The summed E-state index contributed by atoms with van der Waals surface area (Å²) in [5.74, 6) is -0.379. The van der Waals surface area contributed by atoms with Gasteiger partial charge in [-0.05, 0) is 24.3 Å². The maximum atomic E-state index is 13.6. The fourth-order valence-electron chi connectivity index (χ4n) is 1.50. The van der Waals surface area contributed by atoms with Gasteiger partial charge in [-0.1, -0.05) is 23.7 Å². The molecule has 4 heteroatoms. The number of nitrogens with zero attached hydrogens (tertiary/aromatic N) is 2. The van der Waals surface area contributed by atoms with E-state index in [0.717, 1.165) is 0 Å². The van der Waals surface area contributed by atoms with Gasteiger partial charge in [0, 0.05) is 5.56 Å². The monoisotopic (exact) mass is 246 g/mol. The molecule has 1 aromatic heterocycles. The zero-order chi connectivity index (χ0) is 12.3. The molecule has 0 atom stereocenters. The van der Waals surface area contributed by atoms with Gasteiger partial charge in [-0.25, -0.2) is 4.39 Å². The van der Waals surface area contributed by atoms with Crippen LogP contribution in [0.2, 0.25) is 5.02 Å². The molecule has 1 heterocycles. The van der Waals surface area contributed by atoms with Crippen LogP contribution in [0, 0.1) is 17.1 Å². The van der Waals surface area contributed by atoms with Gasteiger partial charge in [-0.15, -0.1) is 0 Å². The Morgan fingerprint density at radius 1 is 1.24 bits per heavy atom. The zero-order valence-electron chi connectivity index (χ0n) is 8.82. The summed E-state index contributed by atoms with van der Waals surface area (Å²) >= 11 is 5.99. The van der Waals surface area contributed by atoms with Crippen molar-refractivity contribution in [2.45, 2.75) is 6.42 Å². The molecule has 0 saturated carbocycles. The summed E-state index contributed by atoms with van der Waals surface area (Å²) in [6.45, 7) is 0. The molecule has 0 saturated heterocycles. The van der Waals surface area contributed by atoms with Gasteiger partial charge in [0.15, 0.2) is 0 Å². The Bertz CT molecular complexity index is 590. The highest BCUT2D eigenvalue weighted by Gasteiger charge is 2.10. The first-order valence-electron chi connectivity index (χ1n) is 4.99. The quantitative estimate of drug-likeness (QED) is 0.812. The van der Waals surface area contributed by atoms with E-state index >= 15 is 0 Å². The van der Waals surface area contributed by atoms with Gasteiger partial charge >= 0.3 is 0 Å². The SMILES string of the molecule is N#CCc1ccc(Cl)c(-c2ccccc2F)n1. The predicted molar refractivity (Wildman–Crippen MR) is 64.0 cm³/mol. The first kappa shape index (κ1) is 11.6. The molecule has 0 spiro atoms. The van der Waals surface area contributed by atoms with Gasteiger partial charge in [0.2, 0.25) is 0 Å². The summed E-state index contributed by atoms with van der Waals surface area (Å²) in [6, 6.07) is 11.6. The van der Waals surface area contributed by atoms with Crippen LogP contribution in [0.3, 0.4) is 0 Å².